The maximum absolute atomic E-state index is 12.5. The van der Waals surface area contributed by atoms with Crippen LogP contribution in [0.1, 0.15) is 61.4 Å². The van der Waals surface area contributed by atoms with Crippen LogP contribution in [0.3, 0.4) is 0 Å². The molecule has 1 aliphatic rings. The number of rotatable bonds is 4. The van der Waals surface area contributed by atoms with Crippen LogP contribution in [0.4, 0.5) is 0 Å². The molecule has 20 heavy (non-hydrogen) atoms. The fourth-order valence-corrected chi connectivity index (χ4v) is 3.56. The molecule has 3 heteroatoms. The number of benzene rings is 1. The molecule has 1 unspecified atom stereocenters. The van der Waals surface area contributed by atoms with E-state index in [0.29, 0.717) is 12.0 Å². The monoisotopic (exact) mass is 337 g/mol. The third-order valence-electron chi connectivity index (χ3n) is 4.49. The zero-order chi connectivity index (χ0) is 14.5. The largest absolute Gasteiger partial charge is 0.349 e. The van der Waals surface area contributed by atoms with E-state index in [1.807, 2.05) is 25.1 Å². The summed E-state index contributed by atoms with van der Waals surface area (Å²) in [5.41, 5.74) is 1.80. The predicted molar refractivity (Wildman–Crippen MR) is 87.0 cm³/mol. The SMILES string of the molecule is CCC(NC(=O)c1cccc(Br)c1C)C1CCCCC1. The summed E-state index contributed by atoms with van der Waals surface area (Å²) in [4.78, 5) is 12.5. The van der Waals surface area contributed by atoms with Crippen molar-refractivity contribution >= 4 is 21.8 Å². The summed E-state index contributed by atoms with van der Waals surface area (Å²) in [6.07, 6.45) is 7.52. The second-order valence-corrected chi connectivity index (χ2v) is 6.65. The van der Waals surface area contributed by atoms with E-state index in [0.717, 1.165) is 22.0 Å². The lowest BCUT2D eigenvalue weighted by atomic mass is 9.83. The Labute approximate surface area is 130 Å². The van der Waals surface area contributed by atoms with Crippen molar-refractivity contribution in [2.24, 2.45) is 5.92 Å². The van der Waals surface area contributed by atoms with Crippen molar-refractivity contribution in [1.82, 2.24) is 5.32 Å². The van der Waals surface area contributed by atoms with Gasteiger partial charge < -0.3 is 5.32 Å². The summed E-state index contributed by atoms with van der Waals surface area (Å²) >= 11 is 3.49. The molecule has 1 aliphatic carbocycles. The van der Waals surface area contributed by atoms with Crippen molar-refractivity contribution in [2.75, 3.05) is 0 Å². The Morgan fingerprint density at radius 3 is 2.70 bits per heavy atom. The van der Waals surface area contributed by atoms with Gasteiger partial charge in [0.15, 0.2) is 0 Å². The van der Waals surface area contributed by atoms with Gasteiger partial charge in [0.25, 0.3) is 5.91 Å². The van der Waals surface area contributed by atoms with Gasteiger partial charge in [-0.25, -0.2) is 0 Å². The number of amides is 1. The molecular formula is C17H24BrNO. The van der Waals surface area contributed by atoms with E-state index in [9.17, 15) is 4.79 Å². The molecule has 0 saturated heterocycles. The van der Waals surface area contributed by atoms with Gasteiger partial charge in [-0.3, -0.25) is 4.79 Å². The van der Waals surface area contributed by atoms with Crippen LogP contribution in [0, 0.1) is 12.8 Å². The lowest BCUT2D eigenvalue weighted by Gasteiger charge is -2.30. The van der Waals surface area contributed by atoms with Crippen molar-refractivity contribution in [3.8, 4) is 0 Å². The first-order valence-electron chi connectivity index (χ1n) is 7.69. The van der Waals surface area contributed by atoms with Gasteiger partial charge in [0.1, 0.15) is 0 Å². The molecule has 1 N–H and O–H groups in total. The summed E-state index contributed by atoms with van der Waals surface area (Å²) in [5, 5.41) is 3.26. The number of carbonyl (C=O) groups is 1. The third kappa shape index (κ3) is 3.63. The Hall–Kier alpha value is -0.830. The Kier molecular flexibility index (Phi) is 5.64. The molecule has 1 saturated carbocycles. The molecule has 0 radical (unpaired) electrons. The predicted octanol–water partition coefficient (Wildman–Crippen LogP) is 4.85. The molecule has 0 heterocycles. The summed E-state index contributed by atoms with van der Waals surface area (Å²) in [5.74, 6) is 0.728. The highest BCUT2D eigenvalue weighted by Gasteiger charge is 2.24. The Morgan fingerprint density at radius 2 is 2.05 bits per heavy atom. The van der Waals surface area contributed by atoms with Crippen molar-refractivity contribution in [2.45, 2.75) is 58.4 Å². The second kappa shape index (κ2) is 7.26. The standard InChI is InChI=1S/C17H24BrNO/c1-3-16(13-8-5-4-6-9-13)19-17(20)14-10-7-11-15(18)12(14)2/h7,10-11,13,16H,3-6,8-9H2,1-2H3,(H,19,20). The number of halogens is 1. The zero-order valence-corrected chi connectivity index (χ0v) is 14.0. The highest BCUT2D eigenvalue weighted by molar-refractivity contribution is 9.10. The van der Waals surface area contributed by atoms with Crippen LogP contribution < -0.4 is 5.32 Å². The number of carbonyl (C=O) groups excluding carboxylic acids is 1. The normalized spacial score (nSPS) is 17.8. The fourth-order valence-electron chi connectivity index (χ4n) is 3.19. The molecule has 1 aromatic rings. The minimum Gasteiger partial charge on any atom is -0.349 e. The van der Waals surface area contributed by atoms with E-state index in [2.05, 4.69) is 28.2 Å². The van der Waals surface area contributed by atoms with Gasteiger partial charge in [-0.15, -0.1) is 0 Å². The minimum atomic E-state index is 0.0706. The van der Waals surface area contributed by atoms with Crippen LogP contribution in [0.25, 0.3) is 0 Å². The van der Waals surface area contributed by atoms with Crippen LogP contribution in [0.5, 0.6) is 0 Å². The molecule has 0 aliphatic heterocycles. The van der Waals surface area contributed by atoms with Crippen LogP contribution in [-0.2, 0) is 0 Å². The van der Waals surface area contributed by atoms with E-state index in [4.69, 9.17) is 0 Å². The smallest absolute Gasteiger partial charge is 0.251 e. The summed E-state index contributed by atoms with van der Waals surface area (Å²) < 4.78 is 0.996. The average molecular weight is 338 g/mol. The molecule has 0 bridgehead atoms. The van der Waals surface area contributed by atoms with Gasteiger partial charge in [-0.2, -0.15) is 0 Å². The van der Waals surface area contributed by atoms with Gasteiger partial charge in [0.2, 0.25) is 0 Å². The van der Waals surface area contributed by atoms with Crippen LogP contribution in [-0.4, -0.2) is 11.9 Å². The minimum absolute atomic E-state index is 0.0706. The van der Waals surface area contributed by atoms with Crippen molar-refractivity contribution < 1.29 is 4.79 Å². The molecule has 0 spiro atoms. The number of hydrogen-bond acceptors (Lipinski definition) is 1. The van der Waals surface area contributed by atoms with E-state index in [-0.39, 0.29) is 5.91 Å². The summed E-state index contributed by atoms with van der Waals surface area (Å²) in [6, 6.07) is 6.13. The molecule has 2 rings (SSSR count). The summed E-state index contributed by atoms with van der Waals surface area (Å²) in [6.45, 7) is 4.16. The van der Waals surface area contributed by atoms with E-state index in [1.54, 1.807) is 0 Å². The van der Waals surface area contributed by atoms with Gasteiger partial charge in [-0.1, -0.05) is 48.2 Å². The quantitative estimate of drug-likeness (QED) is 0.836. The fraction of sp³-hybridized carbons (Fsp3) is 0.588. The zero-order valence-electron chi connectivity index (χ0n) is 12.4. The number of nitrogens with one attached hydrogen (secondary N) is 1. The van der Waals surface area contributed by atoms with Crippen molar-refractivity contribution in [1.29, 1.82) is 0 Å². The van der Waals surface area contributed by atoms with Crippen molar-refractivity contribution in [3.05, 3.63) is 33.8 Å². The highest BCUT2D eigenvalue weighted by atomic mass is 79.9. The van der Waals surface area contributed by atoms with E-state index < -0.39 is 0 Å². The average Bonchev–Trinajstić information content (AvgIpc) is 2.48. The lowest BCUT2D eigenvalue weighted by Crippen LogP contribution is -2.40. The lowest BCUT2D eigenvalue weighted by molar-refractivity contribution is 0.0910. The third-order valence-corrected chi connectivity index (χ3v) is 5.35. The first-order valence-corrected chi connectivity index (χ1v) is 8.48. The van der Waals surface area contributed by atoms with Crippen LogP contribution in [0.2, 0.25) is 0 Å². The second-order valence-electron chi connectivity index (χ2n) is 5.80. The van der Waals surface area contributed by atoms with Crippen LogP contribution >= 0.6 is 15.9 Å². The molecule has 2 nitrogen and oxygen atoms in total. The van der Waals surface area contributed by atoms with Gasteiger partial charge in [0, 0.05) is 16.1 Å². The number of hydrogen-bond donors (Lipinski definition) is 1. The molecule has 1 fully saturated rings. The first kappa shape index (κ1) is 15.6. The van der Waals surface area contributed by atoms with Crippen molar-refractivity contribution in [3.63, 3.8) is 0 Å². The van der Waals surface area contributed by atoms with E-state index >= 15 is 0 Å². The van der Waals surface area contributed by atoms with Gasteiger partial charge >= 0.3 is 0 Å². The Morgan fingerprint density at radius 1 is 1.35 bits per heavy atom. The van der Waals surface area contributed by atoms with E-state index in [1.165, 1.54) is 32.1 Å². The Balaban J connectivity index is 2.06. The molecule has 1 atom stereocenters. The maximum Gasteiger partial charge on any atom is 0.251 e. The maximum atomic E-state index is 12.5. The van der Waals surface area contributed by atoms with Gasteiger partial charge in [0.05, 0.1) is 0 Å². The van der Waals surface area contributed by atoms with Crippen LogP contribution in [0.15, 0.2) is 22.7 Å². The van der Waals surface area contributed by atoms with Gasteiger partial charge in [-0.05, 0) is 49.8 Å². The topological polar surface area (TPSA) is 29.1 Å². The molecular weight excluding hydrogens is 314 g/mol. The molecule has 0 aromatic heterocycles. The molecule has 110 valence electrons. The summed E-state index contributed by atoms with van der Waals surface area (Å²) in [7, 11) is 0. The Bertz CT molecular complexity index is 466. The molecule has 1 amide bonds. The molecule has 1 aromatic carbocycles. The first-order chi connectivity index (χ1) is 9.63. The highest BCUT2D eigenvalue weighted by Crippen LogP contribution is 2.28.